The van der Waals surface area contributed by atoms with Crippen LogP contribution in [0.1, 0.15) is 17.5 Å². The van der Waals surface area contributed by atoms with Crippen LogP contribution in [0.25, 0.3) is 11.0 Å². The molecular weight excluding hydrogens is 275 g/mol. The number of nitrogens with two attached hydrogens (primary N) is 1. The second-order valence-electron chi connectivity index (χ2n) is 4.42. The highest BCUT2D eigenvalue weighted by atomic mass is 19.1. The Morgan fingerprint density at radius 1 is 1.29 bits per heavy atom. The van der Waals surface area contributed by atoms with E-state index in [0.717, 1.165) is 0 Å². The van der Waals surface area contributed by atoms with Crippen molar-refractivity contribution in [1.29, 1.82) is 0 Å². The molecule has 0 fully saturated rings. The van der Waals surface area contributed by atoms with Crippen LogP contribution < -0.4 is 16.0 Å². The summed E-state index contributed by atoms with van der Waals surface area (Å²) in [5.41, 5.74) is 3.79. The quantitative estimate of drug-likeness (QED) is 0.563. The average molecular weight is 288 g/mol. The van der Waals surface area contributed by atoms with E-state index in [1.54, 1.807) is 18.2 Å². The molecule has 108 valence electrons. The topological polar surface area (TPSA) is 86.2 Å². The molecule has 3 N–H and O–H groups in total. The minimum Gasteiger partial charge on any atom is -0.481 e. The third-order valence-corrected chi connectivity index (χ3v) is 3.12. The summed E-state index contributed by atoms with van der Waals surface area (Å²) in [4.78, 5) is 8.10. The number of aromatic nitrogens is 2. The summed E-state index contributed by atoms with van der Waals surface area (Å²) < 4.78 is 24.0. The molecule has 1 aromatic carbocycles. The predicted molar refractivity (Wildman–Crippen MR) is 73.9 cm³/mol. The van der Waals surface area contributed by atoms with Gasteiger partial charge in [-0.1, -0.05) is 0 Å². The predicted octanol–water partition coefficient (Wildman–Crippen LogP) is 1.92. The van der Waals surface area contributed by atoms with Gasteiger partial charge < -0.3 is 9.15 Å². The Hall–Kier alpha value is -2.51. The summed E-state index contributed by atoms with van der Waals surface area (Å²) in [6.45, 7) is 0. The first kappa shape index (κ1) is 13.5. The van der Waals surface area contributed by atoms with E-state index in [9.17, 15) is 4.39 Å². The van der Waals surface area contributed by atoms with Crippen LogP contribution in [0.15, 0.2) is 41.1 Å². The fourth-order valence-corrected chi connectivity index (χ4v) is 2.11. The van der Waals surface area contributed by atoms with Crippen molar-refractivity contribution in [3.05, 3.63) is 53.9 Å². The van der Waals surface area contributed by atoms with E-state index in [4.69, 9.17) is 15.0 Å². The molecule has 6 nitrogen and oxygen atoms in total. The lowest BCUT2D eigenvalue weighted by molar-refractivity contribution is 0.393. The Balaban J connectivity index is 2.04. The fraction of sp³-hybridized carbons (Fsp3) is 0.143. The number of fused-ring (bicyclic) bond motifs is 1. The van der Waals surface area contributed by atoms with Gasteiger partial charge in [0.25, 0.3) is 0 Å². The molecule has 7 heteroatoms. The number of benzene rings is 1. The SMILES string of the molecule is COc1cc(C(NN)c2cc3cc(F)ccc3o2)ncn1. The Morgan fingerprint density at radius 3 is 2.90 bits per heavy atom. The highest BCUT2D eigenvalue weighted by Gasteiger charge is 2.19. The van der Waals surface area contributed by atoms with Crippen LogP contribution >= 0.6 is 0 Å². The van der Waals surface area contributed by atoms with Gasteiger partial charge in [-0.2, -0.15) is 0 Å². The largest absolute Gasteiger partial charge is 0.481 e. The molecule has 0 saturated heterocycles. The summed E-state index contributed by atoms with van der Waals surface area (Å²) in [6.07, 6.45) is 1.38. The zero-order valence-electron chi connectivity index (χ0n) is 11.2. The first-order chi connectivity index (χ1) is 10.2. The average Bonchev–Trinajstić information content (AvgIpc) is 2.91. The van der Waals surface area contributed by atoms with E-state index in [1.807, 2.05) is 0 Å². The number of hydrogen-bond acceptors (Lipinski definition) is 6. The molecule has 0 spiro atoms. The van der Waals surface area contributed by atoms with E-state index in [0.29, 0.717) is 28.3 Å². The molecule has 3 aromatic rings. The normalized spacial score (nSPS) is 12.5. The number of nitrogens with one attached hydrogen (secondary N) is 1. The number of hydrogen-bond donors (Lipinski definition) is 2. The zero-order valence-corrected chi connectivity index (χ0v) is 11.2. The standard InChI is InChI=1S/C14H13FN4O2/c1-20-13-6-10(17-7-18-13)14(19-16)12-5-8-4-9(15)2-3-11(8)21-12/h2-7,14,19H,16H2,1H3. The molecule has 0 saturated carbocycles. The Morgan fingerprint density at radius 2 is 2.14 bits per heavy atom. The number of methoxy groups -OCH3 is 1. The first-order valence-corrected chi connectivity index (χ1v) is 6.22. The highest BCUT2D eigenvalue weighted by molar-refractivity contribution is 5.78. The maximum Gasteiger partial charge on any atom is 0.216 e. The number of halogens is 1. The third-order valence-electron chi connectivity index (χ3n) is 3.12. The summed E-state index contributed by atoms with van der Waals surface area (Å²) >= 11 is 0. The summed E-state index contributed by atoms with van der Waals surface area (Å²) in [7, 11) is 1.51. The Kier molecular flexibility index (Phi) is 3.51. The van der Waals surface area contributed by atoms with Crippen molar-refractivity contribution < 1.29 is 13.5 Å². The van der Waals surface area contributed by atoms with E-state index in [2.05, 4.69) is 15.4 Å². The van der Waals surface area contributed by atoms with Gasteiger partial charge in [0.15, 0.2) is 0 Å². The van der Waals surface area contributed by atoms with Crippen molar-refractivity contribution in [2.24, 2.45) is 5.84 Å². The van der Waals surface area contributed by atoms with Crippen LogP contribution in [0.5, 0.6) is 5.88 Å². The van der Waals surface area contributed by atoms with Gasteiger partial charge in [-0.3, -0.25) is 5.84 Å². The third kappa shape index (κ3) is 2.56. The van der Waals surface area contributed by atoms with Gasteiger partial charge in [0.1, 0.15) is 29.5 Å². The monoisotopic (exact) mass is 288 g/mol. The van der Waals surface area contributed by atoms with Crippen LogP contribution in [0, 0.1) is 5.82 Å². The number of hydrazine groups is 1. The molecule has 21 heavy (non-hydrogen) atoms. The van der Waals surface area contributed by atoms with Gasteiger partial charge in [-0.25, -0.2) is 19.8 Å². The lowest BCUT2D eigenvalue weighted by Crippen LogP contribution is -2.29. The Labute approximate surface area is 119 Å². The van der Waals surface area contributed by atoms with Crippen LogP contribution in [0.2, 0.25) is 0 Å². The van der Waals surface area contributed by atoms with E-state index < -0.39 is 6.04 Å². The minimum absolute atomic E-state index is 0.323. The molecule has 0 aliphatic rings. The van der Waals surface area contributed by atoms with Gasteiger partial charge in [0, 0.05) is 11.5 Å². The van der Waals surface area contributed by atoms with Gasteiger partial charge >= 0.3 is 0 Å². The Bertz CT molecular complexity index is 775. The van der Waals surface area contributed by atoms with Crippen LogP contribution in [-0.4, -0.2) is 17.1 Å². The maximum atomic E-state index is 13.2. The highest BCUT2D eigenvalue weighted by Crippen LogP contribution is 2.28. The molecule has 2 heterocycles. The minimum atomic E-state index is -0.489. The second kappa shape index (κ2) is 5.47. The molecule has 0 aliphatic heterocycles. The second-order valence-corrected chi connectivity index (χ2v) is 4.42. The molecule has 0 radical (unpaired) electrons. The van der Waals surface area contributed by atoms with Crippen molar-refractivity contribution in [3.63, 3.8) is 0 Å². The number of rotatable bonds is 4. The lowest BCUT2D eigenvalue weighted by Gasteiger charge is -2.12. The lowest BCUT2D eigenvalue weighted by atomic mass is 10.1. The molecule has 1 unspecified atom stereocenters. The van der Waals surface area contributed by atoms with E-state index in [-0.39, 0.29) is 5.82 Å². The molecule has 1 atom stereocenters. The molecule has 0 bridgehead atoms. The first-order valence-electron chi connectivity index (χ1n) is 6.22. The molecular formula is C14H13FN4O2. The number of ether oxygens (including phenoxy) is 1. The van der Waals surface area contributed by atoms with Gasteiger partial charge in [-0.05, 0) is 24.3 Å². The summed E-state index contributed by atoms with van der Waals surface area (Å²) in [5, 5.41) is 0.659. The smallest absolute Gasteiger partial charge is 0.216 e. The van der Waals surface area contributed by atoms with Crippen LogP contribution in [0.3, 0.4) is 0 Å². The van der Waals surface area contributed by atoms with Gasteiger partial charge in [0.2, 0.25) is 5.88 Å². The van der Waals surface area contributed by atoms with Crippen molar-refractivity contribution in [2.45, 2.75) is 6.04 Å². The number of furan rings is 1. The van der Waals surface area contributed by atoms with Crippen molar-refractivity contribution in [3.8, 4) is 5.88 Å². The van der Waals surface area contributed by atoms with E-state index in [1.165, 1.54) is 25.6 Å². The van der Waals surface area contributed by atoms with E-state index >= 15 is 0 Å². The zero-order chi connectivity index (χ0) is 14.8. The van der Waals surface area contributed by atoms with Crippen LogP contribution in [0.4, 0.5) is 4.39 Å². The molecule has 0 amide bonds. The molecule has 0 aliphatic carbocycles. The summed E-state index contributed by atoms with van der Waals surface area (Å²) in [6, 6.07) is 7.19. The van der Waals surface area contributed by atoms with Crippen molar-refractivity contribution in [1.82, 2.24) is 15.4 Å². The summed E-state index contributed by atoms with van der Waals surface area (Å²) in [5.74, 6) is 6.22. The maximum absolute atomic E-state index is 13.2. The van der Waals surface area contributed by atoms with Crippen LogP contribution in [-0.2, 0) is 0 Å². The van der Waals surface area contributed by atoms with Crippen molar-refractivity contribution >= 4 is 11.0 Å². The van der Waals surface area contributed by atoms with Gasteiger partial charge in [0.05, 0.1) is 12.8 Å². The fourth-order valence-electron chi connectivity index (χ4n) is 2.11. The molecule has 2 aromatic heterocycles. The van der Waals surface area contributed by atoms with Gasteiger partial charge in [-0.15, -0.1) is 0 Å². The number of nitrogens with zero attached hydrogens (tertiary/aromatic N) is 2. The molecule has 3 rings (SSSR count). The van der Waals surface area contributed by atoms with Crippen molar-refractivity contribution in [2.75, 3.05) is 7.11 Å².